The molecule has 0 fully saturated rings. The van der Waals surface area contributed by atoms with Gasteiger partial charge in [0.1, 0.15) is 11.5 Å². The smallest absolute Gasteiger partial charge is 0.345 e. The molecule has 0 N–H and O–H groups in total. The molecular weight excluding hydrogens is 363 g/mol. The summed E-state index contributed by atoms with van der Waals surface area (Å²) in [6.07, 6.45) is 0. The van der Waals surface area contributed by atoms with Crippen LogP contribution in [0.2, 0.25) is 0 Å². The molecule has 0 aromatic heterocycles. The summed E-state index contributed by atoms with van der Waals surface area (Å²) in [5.74, 6) is 0.548. The number of benzene rings is 2. The molecule has 0 saturated heterocycles. The van der Waals surface area contributed by atoms with Crippen molar-refractivity contribution in [2.75, 3.05) is 0 Å². The number of nitrogens with zero attached hydrogens (tertiary/aromatic N) is 2. The monoisotopic (exact) mass is 372 g/mol. The van der Waals surface area contributed by atoms with Gasteiger partial charge in [0.25, 0.3) is 11.4 Å². The van der Waals surface area contributed by atoms with Crippen molar-refractivity contribution < 1.29 is 18.9 Å². The lowest BCUT2D eigenvalue weighted by molar-refractivity contribution is -0.385. The molecule has 0 spiro atoms. The molecule has 0 amide bonds. The number of hydrogen-bond donors (Lipinski definition) is 1. The molecule has 0 aliphatic heterocycles. The summed E-state index contributed by atoms with van der Waals surface area (Å²) in [7, 11) is 0. The van der Waals surface area contributed by atoms with E-state index in [1.54, 1.807) is 0 Å². The molecule has 2 aromatic rings. The minimum absolute atomic E-state index is 0.0823. The highest BCUT2D eigenvalue weighted by Gasteiger charge is 2.18. The van der Waals surface area contributed by atoms with Crippen molar-refractivity contribution in [2.45, 2.75) is 0 Å². The van der Waals surface area contributed by atoms with Crippen molar-refractivity contribution >= 4 is 41.1 Å². The molecule has 0 aliphatic rings. The van der Waals surface area contributed by atoms with Gasteiger partial charge in [-0.3, -0.25) is 20.2 Å². The third kappa shape index (κ3) is 4.92. The number of nitro benzene ring substituents is 2. The summed E-state index contributed by atoms with van der Waals surface area (Å²) < 4.78 is 10.9. The Kier molecular flexibility index (Phi) is 5.19. The molecule has 0 saturated carbocycles. The van der Waals surface area contributed by atoms with Gasteiger partial charge in [0.05, 0.1) is 9.85 Å². The zero-order valence-corrected chi connectivity index (χ0v) is 13.9. The van der Waals surface area contributed by atoms with Gasteiger partial charge in [-0.1, -0.05) is 12.2 Å². The number of hydrogen-bond acceptors (Lipinski definition) is 7. The third-order valence-electron chi connectivity index (χ3n) is 2.54. The van der Waals surface area contributed by atoms with Crippen LogP contribution in [0.25, 0.3) is 0 Å². The minimum Gasteiger partial charge on any atom is -0.428 e. The molecule has 11 heteroatoms. The Bertz CT molecular complexity index is 718. The maximum Gasteiger partial charge on any atom is 0.345 e. The van der Waals surface area contributed by atoms with Gasteiger partial charge in [-0.15, -0.1) is 0 Å². The quantitative estimate of drug-likeness (QED) is 0.352. The van der Waals surface area contributed by atoms with Crippen molar-refractivity contribution in [3.63, 3.8) is 0 Å². The Hall–Kier alpha value is -2.16. The SMILES string of the molecule is O=[N+]([O-])c1ccc(OP(=S)(S)Oc2ccc([N+](=O)[O-])cc2)cc1. The fourth-order valence-corrected chi connectivity index (χ4v) is 3.44. The van der Waals surface area contributed by atoms with E-state index >= 15 is 0 Å². The van der Waals surface area contributed by atoms with Gasteiger partial charge in [0, 0.05) is 24.3 Å². The van der Waals surface area contributed by atoms with Crippen LogP contribution in [0, 0.1) is 20.2 Å². The van der Waals surface area contributed by atoms with E-state index in [0.29, 0.717) is 0 Å². The Morgan fingerprint density at radius 1 is 0.826 bits per heavy atom. The minimum atomic E-state index is -3.03. The van der Waals surface area contributed by atoms with Gasteiger partial charge in [-0.2, -0.15) is 0 Å². The average molecular weight is 372 g/mol. The Morgan fingerprint density at radius 2 is 1.13 bits per heavy atom. The predicted molar refractivity (Wildman–Crippen MR) is 90.7 cm³/mol. The molecule has 8 nitrogen and oxygen atoms in total. The second-order valence-corrected chi connectivity index (χ2v) is 9.29. The van der Waals surface area contributed by atoms with Crippen LogP contribution in [0.3, 0.4) is 0 Å². The number of non-ortho nitro benzene ring substituents is 2. The largest absolute Gasteiger partial charge is 0.428 e. The van der Waals surface area contributed by atoms with Crippen molar-refractivity contribution in [3.8, 4) is 11.5 Å². The van der Waals surface area contributed by atoms with Crippen LogP contribution in [-0.2, 0) is 11.8 Å². The van der Waals surface area contributed by atoms with Gasteiger partial charge in [0.2, 0.25) is 0 Å². The molecule has 0 unspecified atom stereocenters. The topological polar surface area (TPSA) is 105 Å². The Balaban J connectivity index is 2.07. The lowest BCUT2D eigenvalue weighted by Gasteiger charge is -2.18. The van der Waals surface area contributed by atoms with Crippen LogP contribution in [0.15, 0.2) is 48.5 Å². The summed E-state index contributed by atoms with van der Waals surface area (Å²) in [5.41, 5.74) is -3.19. The van der Waals surface area contributed by atoms with Crippen molar-refractivity contribution in [3.05, 3.63) is 68.8 Å². The van der Waals surface area contributed by atoms with Gasteiger partial charge in [0.15, 0.2) is 0 Å². The third-order valence-corrected chi connectivity index (χ3v) is 4.36. The van der Waals surface area contributed by atoms with Crippen LogP contribution in [0.4, 0.5) is 11.4 Å². The number of thiol groups is 1. The van der Waals surface area contributed by atoms with E-state index in [2.05, 4.69) is 12.2 Å². The first-order valence-corrected chi connectivity index (χ1v) is 9.77. The molecule has 0 radical (unpaired) electrons. The molecule has 2 rings (SSSR count). The zero-order chi connectivity index (χ0) is 17.0. The first-order chi connectivity index (χ1) is 10.8. The van der Waals surface area contributed by atoms with Gasteiger partial charge < -0.3 is 9.05 Å². The van der Waals surface area contributed by atoms with E-state index in [1.165, 1.54) is 48.5 Å². The van der Waals surface area contributed by atoms with Crippen LogP contribution in [-0.4, -0.2) is 9.85 Å². The summed E-state index contributed by atoms with van der Waals surface area (Å²) in [6, 6.07) is 10.6. The highest BCUT2D eigenvalue weighted by Crippen LogP contribution is 2.53. The highest BCUT2D eigenvalue weighted by atomic mass is 32.9. The van der Waals surface area contributed by atoms with Crippen molar-refractivity contribution in [2.24, 2.45) is 0 Å². The molecule has 0 bridgehead atoms. The summed E-state index contributed by atoms with van der Waals surface area (Å²) in [4.78, 5) is 20.1. The highest BCUT2D eigenvalue weighted by molar-refractivity contribution is 8.60. The van der Waals surface area contributed by atoms with E-state index in [4.69, 9.17) is 20.9 Å². The van der Waals surface area contributed by atoms with Gasteiger partial charge in [-0.25, -0.2) is 0 Å². The van der Waals surface area contributed by atoms with Crippen molar-refractivity contribution in [1.82, 2.24) is 0 Å². The van der Waals surface area contributed by atoms with Gasteiger partial charge in [-0.05, 0) is 36.1 Å². The van der Waals surface area contributed by atoms with Crippen LogP contribution in [0.5, 0.6) is 11.5 Å². The maximum absolute atomic E-state index is 10.6. The summed E-state index contributed by atoms with van der Waals surface area (Å²) in [6.45, 7) is 0. The fraction of sp³-hybridized carbons (Fsp3) is 0. The van der Waals surface area contributed by atoms with E-state index in [1.807, 2.05) is 0 Å². The van der Waals surface area contributed by atoms with Crippen LogP contribution in [0.1, 0.15) is 0 Å². The molecule has 2 aromatic carbocycles. The predicted octanol–water partition coefficient (Wildman–Crippen LogP) is 4.12. The van der Waals surface area contributed by atoms with E-state index in [0.717, 1.165) is 0 Å². The molecule has 120 valence electrons. The van der Waals surface area contributed by atoms with Crippen molar-refractivity contribution in [1.29, 1.82) is 0 Å². The fourth-order valence-electron chi connectivity index (χ4n) is 1.54. The van der Waals surface area contributed by atoms with Gasteiger partial charge >= 0.3 is 5.69 Å². The Morgan fingerprint density at radius 3 is 1.39 bits per heavy atom. The van der Waals surface area contributed by atoms with E-state index in [-0.39, 0.29) is 22.9 Å². The van der Waals surface area contributed by atoms with E-state index in [9.17, 15) is 20.2 Å². The first kappa shape index (κ1) is 17.2. The normalized spacial score (nSPS) is 10.8. The second kappa shape index (κ2) is 6.95. The standard InChI is InChI=1S/C12H9N2O6PS2/c15-13(16)9-1-5-11(6-2-9)19-21(22,23)20-12-7-3-10(4-8-12)14(17)18/h1-8H,(H,22,23). The number of rotatable bonds is 6. The zero-order valence-electron chi connectivity index (χ0n) is 11.3. The summed E-state index contributed by atoms with van der Waals surface area (Å²) >= 11 is 9.30. The second-order valence-electron chi connectivity index (χ2n) is 4.15. The molecule has 0 heterocycles. The summed E-state index contributed by atoms with van der Waals surface area (Å²) in [5, 5.41) is 21.2. The molecular formula is C12H9N2O6PS2. The van der Waals surface area contributed by atoms with Crippen LogP contribution >= 0.6 is 17.9 Å². The molecule has 0 aliphatic carbocycles. The number of nitro groups is 2. The lowest BCUT2D eigenvalue weighted by atomic mass is 10.3. The average Bonchev–Trinajstić information content (AvgIpc) is 2.47. The Labute approximate surface area is 140 Å². The van der Waals surface area contributed by atoms with Crippen LogP contribution < -0.4 is 9.05 Å². The molecule has 23 heavy (non-hydrogen) atoms. The maximum atomic E-state index is 10.6. The first-order valence-electron chi connectivity index (χ1n) is 5.98. The lowest BCUT2D eigenvalue weighted by Crippen LogP contribution is -1.96. The molecule has 0 atom stereocenters. The van der Waals surface area contributed by atoms with E-state index < -0.39 is 15.5 Å².